The molecule has 0 radical (unpaired) electrons. The van der Waals surface area contributed by atoms with Gasteiger partial charge in [-0.05, 0) is 29.3 Å². The zero-order valence-corrected chi connectivity index (χ0v) is 12.9. The number of hydrogen-bond donors (Lipinski definition) is 0. The summed E-state index contributed by atoms with van der Waals surface area (Å²) in [5.41, 5.74) is 0.867. The van der Waals surface area contributed by atoms with Crippen molar-refractivity contribution in [2.45, 2.75) is 12.1 Å². The Kier molecular flexibility index (Phi) is 5.06. The third-order valence-corrected chi connectivity index (χ3v) is 3.75. The van der Waals surface area contributed by atoms with E-state index in [1.165, 1.54) is 12.1 Å². The molecule has 0 amide bonds. The van der Waals surface area contributed by atoms with Crippen LogP contribution in [-0.2, 0) is 10.9 Å². The highest BCUT2D eigenvalue weighted by Crippen LogP contribution is 2.33. The molecule has 0 aliphatic carbocycles. The molecule has 21 heavy (non-hydrogen) atoms. The van der Waals surface area contributed by atoms with Gasteiger partial charge in [-0.2, -0.15) is 13.2 Å². The lowest BCUT2D eigenvalue weighted by Gasteiger charge is -2.18. The lowest BCUT2D eigenvalue weighted by atomic mass is 9.91. The van der Waals surface area contributed by atoms with Gasteiger partial charge in [0.2, 0.25) is 0 Å². The van der Waals surface area contributed by atoms with Gasteiger partial charge < -0.3 is 4.74 Å². The fraction of sp³-hybridized carbons (Fsp3) is 0.250. The van der Waals surface area contributed by atoms with Gasteiger partial charge >= 0.3 is 6.18 Å². The second-order valence-electron chi connectivity index (χ2n) is 4.68. The minimum Gasteiger partial charge on any atom is -0.384 e. The van der Waals surface area contributed by atoms with E-state index in [2.05, 4.69) is 15.9 Å². The second-order valence-corrected chi connectivity index (χ2v) is 5.60. The number of alkyl halides is 3. The van der Waals surface area contributed by atoms with Crippen LogP contribution in [0.3, 0.4) is 0 Å². The maximum Gasteiger partial charge on any atom is 0.416 e. The number of ether oxygens (including phenoxy) is 1. The van der Waals surface area contributed by atoms with Gasteiger partial charge in [-0.25, -0.2) is 0 Å². The van der Waals surface area contributed by atoms with Gasteiger partial charge in [0.25, 0.3) is 0 Å². The normalized spacial score (nSPS) is 13.2. The van der Waals surface area contributed by atoms with Crippen LogP contribution in [0.4, 0.5) is 13.2 Å². The SMILES string of the molecule is COCC(c1ccc(Br)cc1)c1cccc(C(F)(F)F)c1. The van der Waals surface area contributed by atoms with Crippen LogP contribution in [0.25, 0.3) is 0 Å². The lowest BCUT2D eigenvalue weighted by Crippen LogP contribution is -2.11. The van der Waals surface area contributed by atoms with E-state index in [9.17, 15) is 13.2 Å². The van der Waals surface area contributed by atoms with Gasteiger partial charge in [-0.15, -0.1) is 0 Å². The van der Waals surface area contributed by atoms with Crippen molar-refractivity contribution in [1.29, 1.82) is 0 Å². The van der Waals surface area contributed by atoms with Crippen molar-refractivity contribution in [3.63, 3.8) is 0 Å². The highest BCUT2D eigenvalue weighted by molar-refractivity contribution is 9.10. The number of methoxy groups -OCH3 is 1. The first-order valence-corrected chi connectivity index (χ1v) is 7.12. The van der Waals surface area contributed by atoms with Gasteiger partial charge in [0.05, 0.1) is 12.2 Å². The van der Waals surface area contributed by atoms with E-state index in [4.69, 9.17) is 4.74 Å². The molecule has 0 spiro atoms. The zero-order chi connectivity index (χ0) is 15.5. The molecule has 0 saturated carbocycles. The van der Waals surface area contributed by atoms with Crippen LogP contribution in [0.1, 0.15) is 22.6 Å². The zero-order valence-electron chi connectivity index (χ0n) is 11.3. The molecule has 0 aliphatic rings. The molecule has 112 valence electrons. The summed E-state index contributed by atoms with van der Waals surface area (Å²) >= 11 is 3.35. The Hall–Kier alpha value is -1.33. The molecule has 2 rings (SSSR count). The van der Waals surface area contributed by atoms with Gasteiger partial charge in [-0.1, -0.05) is 46.3 Å². The molecule has 1 nitrogen and oxygen atoms in total. The number of rotatable bonds is 4. The summed E-state index contributed by atoms with van der Waals surface area (Å²) in [5.74, 6) is -0.231. The molecular weight excluding hydrogens is 345 g/mol. The Balaban J connectivity index is 2.41. The number of hydrogen-bond acceptors (Lipinski definition) is 1. The molecule has 0 aliphatic heterocycles. The van der Waals surface area contributed by atoms with Crippen molar-refractivity contribution in [1.82, 2.24) is 0 Å². The van der Waals surface area contributed by atoms with Crippen LogP contribution in [-0.4, -0.2) is 13.7 Å². The maximum absolute atomic E-state index is 12.8. The van der Waals surface area contributed by atoms with Crippen LogP contribution < -0.4 is 0 Å². The lowest BCUT2D eigenvalue weighted by molar-refractivity contribution is -0.137. The van der Waals surface area contributed by atoms with Crippen molar-refractivity contribution in [2.24, 2.45) is 0 Å². The molecule has 1 unspecified atom stereocenters. The summed E-state index contributed by atoms with van der Waals surface area (Å²) in [5, 5.41) is 0. The summed E-state index contributed by atoms with van der Waals surface area (Å²) in [7, 11) is 1.54. The molecule has 2 aromatic carbocycles. The van der Waals surface area contributed by atoms with Crippen LogP contribution in [0.2, 0.25) is 0 Å². The molecule has 0 heterocycles. The maximum atomic E-state index is 12.8. The number of benzene rings is 2. The van der Waals surface area contributed by atoms with E-state index in [-0.39, 0.29) is 5.92 Å². The van der Waals surface area contributed by atoms with E-state index in [0.29, 0.717) is 12.2 Å². The molecule has 0 N–H and O–H groups in total. The predicted molar refractivity (Wildman–Crippen MR) is 79.3 cm³/mol. The first-order chi connectivity index (χ1) is 9.91. The van der Waals surface area contributed by atoms with E-state index in [1.54, 1.807) is 13.2 Å². The van der Waals surface area contributed by atoms with Crippen molar-refractivity contribution < 1.29 is 17.9 Å². The highest BCUT2D eigenvalue weighted by Gasteiger charge is 2.31. The van der Waals surface area contributed by atoms with Crippen LogP contribution in [0.5, 0.6) is 0 Å². The van der Waals surface area contributed by atoms with Crippen LogP contribution >= 0.6 is 15.9 Å². The topological polar surface area (TPSA) is 9.23 Å². The van der Waals surface area contributed by atoms with E-state index < -0.39 is 11.7 Å². The Bertz CT molecular complexity index is 593. The van der Waals surface area contributed by atoms with E-state index in [0.717, 1.165) is 16.1 Å². The molecule has 0 fully saturated rings. The molecule has 1 atom stereocenters. The first-order valence-electron chi connectivity index (χ1n) is 6.33. The molecule has 0 saturated heterocycles. The third kappa shape index (κ3) is 4.08. The van der Waals surface area contributed by atoms with Crippen molar-refractivity contribution in [3.8, 4) is 0 Å². The fourth-order valence-electron chi connectivity index (χ4n) is 2.18. The van der Waals surface area contributed by atoms with E-state index in [1.807, 2.05) is 24.3 Å². The largest absolute Gasteiger partial charge is 0.416 e. The molecule has 0 aromatic heterocycles. The van der Waals surface area contributed by atoms with Gasteiger partial charge in [0, 0.05) is 17.5 Å². The Morgan fingerprint density at radius 3 is 2.29 bits per heavy atom. The minimum atomic E-state index is -4.34. The predicted octanol–water partition coefficient (Wildman–Crippen LogP) is 5.25. The van der Waals surface area contributed by atoms with Gasteiger partial charge in [0.15, 0.2) is 0 Å². The summed E-state index contributed by atoms with van der Waals surface area (Å²) < 4.78 is 44.6. The van der Waals surface area contributed by atoms with Gasteiger partial charge in [0.1, 0.15) is 0 Å². The van der Waals surface area contributed by atoms with Crippen molar-refractivity contribution in [2.75, 3.05) is 13.7 Å². The highest BCUT2D eigenvalue weighted by atomic mass is 79.9. The Morgan fingerprint density at radius 1 is 1.05 bits per heavy atom. The monoisotopic (exact) mass is 358 g/mol. The standard InChI is InChI=1S/C16H14BrF3O/c1-21-10-15(11-5-7-14(17)8-6-11)12-3-2-4-13(9-12)16(18,19)20/h2-9,15H,10H2,1H3. The van der Waals surface area contributed by atoms with Crippen molar-refractivity contribution in [3.05, 3.63) is 69.7 Å². The summed E-state index contributed by atoms with van der Waals surface area (Å²) in [4.78, 5) is 0. The van der Waals surface area contributed by atoms with Crippen LogP contribution in [0, 0.1) is 0 Å². The van der Waals surface area contributed by atoms with E-state index >= 15 is 0 Å². The molecule has 2 aromatic rings. The molecule has 5 heteroatoms. The molecule has 0 bridgehead atoms. The van der Waals surface area contributed by atoms with Crippen LogP contribution in [0.15, 0.2) is 53.0 Å². The molecular formula is C16H14BrF3O. The fourth-order valence-corrected chi connectivity index (χ4v) is 2.44. The quantitative estimate of drug-likeness (QED) is 0.725. The smallest absolute Gasteiger partial charge is 0.384 e. The van der Waals surface area contributed by atoms with Crippen molar-refractivity contribution >= 4 is 15.9 Å². The average Bonchev–Trinajstić information content (AvgIpc) is 2.45. The minimum absolute atomic E-state index is 0.231. The Labute approximate surface area is 129 Å². The average molecular weight is 359 g/mol. The summed E-state index contributed by atoms with van der Waals surface area (Å²) in [6.45, 7) is 0.322. The van der Waals surface area contributed by atoms with Gasteiger partial charge in [-0.3, -0.25) is 0 Å². The second kappa shape index (κ2) is 6.62. The first kappa shape index (κ1) is 16.0. The summed E-state index contributed by atoms with van der Waals surface area (Å²) in [6.07, 6.45) is -4.34. The Morgan fingerprint density at radius 2 is 1.71 bits per heavy atom. The number of halogens is 4. The third-order valence-electron chi connectivity index (χ3n) is 3.22. The summed E-state index contributed by atoms with van der Waals surface area (Å²) in [6, 6.07) is 12.9.